The van der Waals surface area contributed by atoms with Crippen LogP contribution in [0.5, 0.6) is 11.5 Å². The van der Waals surface area contributed by atoms with Gasteiger partial charge in [0.15, 0.2) is 5.78 Å². The second kappa shape index (κ2) is 22.1. The molecule has 3 rings (SSSR count). The molecule has 1 aliphatic heterocycles. The topological polar surface area (TPSA) is 174 Å². The molecule has 4 bridgehead atoms. The zero-order chi connectivity index (χ0) is 37.2. The molecular formula is C40H60N4O7. The van der Waals surface area contributed by atoms with E-state index in [2.05, 4.69) is 12.2 Å². The lowest BCUT2D eigenvalue weighted by Crippen LogP contribution is -2.45. The highest BCUT2D eigenvalue weighted by atomic mass is 16.5. The fraction of sp³-hybridized carbons (Fsp3) is 0.600. The van der Waals surface area contributed by atoms with Gasteiger partial charge in [-0.2, -0.15) is 0 Å². The zero-order valence-corrected chi connectivity index (χ0v) is 30.9. The smallest absolute Gasteiger partial charge is 0.326 e. The fourth-order valence-electron chi connectivity index (χ4n) is 6.57. The normalized spacial score (nSPS) is 17.7. The van der Waals surface area contributed by atoms with E-state index in [4.69, 9.17) is 20.9 Å². The summed E-state index contributed by atoms with van der Waals surface area (Å²) in [5.74, 6) is -2.08. The number of carbonyl (C=O) groups is 4. The first kappa shape index (κ1) is 41.5. The number of aliphatic carboxylic acids is 1. The molecule has 0 fully saturated rings. The maximum Gasteiger partial charge on any atom is 0.326 e. The van der Waals surface area contributed by atoms with Crippen molar-refractivity contribution in [3.8, 4) is 22.6 Å². The summed E-state index contributed by atoms with van der Waals surface area (Å²) >= 11 is 0. The fourth-order valence-corrected chi connectivity index (χ4v) is 6.57. The molecule has 0 aromatic heterocycles. The highest BCUT2D eigenvalue weighted by Crippen LogP contribution is 2.40. The maximum absolute atomic E-state index is 14.1. The van der Waals surface area contributed by atoms with Crippen LogP contribution in [0, 0.1) is 5.92 Å². The van der Waals surface area contributed by atoms with Crippen LogP contribution in [-0.2, 0) is 25.6 Å². The van der Waals surface area contributed by atoms with E-state index in [9.17, 15) is 24.3 Å². The van der Waals surface area contributed by atoms with Gasteiger partial charge in [0.1, 0.15) is 36.8 Å². The Kier molecular flexibility index (Phi) is 17.9. The van der Waals surface area contributed by atoms with Gasteiger partial charge in [0.25, 0.3) is 0 Å². The number of carboxylic acid groups (broad SMARTS) is 1. The number of amides is 2. The molecule has 3 atom stereocenters. The first-order valence-electron chi connectivity index (χ1n) is 18.9. The van der Waals surface area contributed by atoms with Crippen molar-refractivity contribution in [1.29, 1.82) is 0 Å². The molecule has 0 saturated carbocycles. The van der Waals surface area contributed by atoms with Gasteiger partial charge in [0.05, 0.1) is 0 Å². The molecule has 11 heteroatoms. The lowest BCUT2D eigenvalue weighted by atomic mass is 9.89. The Labute approximate surface area is 303 Å². The van der Waals surface area contributed by atoms with E-state index in [0.29, 0.717) is 40.2 Å². The molecular weight excluding hydrogens is 648 g/mol. The lowest BCUT2D eigenvalue weighted by molar-refractivity contribution is -0.143. The number of hydrogen-bond acceptors (Lipinski definition) is 8. The van der Waals surface area contributed by atoms with E-state index in [0.717, 1.165) is 25.7 Å². The third-order valence-corrected chi connectivity index (χ3v) is 9.49. The van der Waals surface area contributed by atoms with Gasteiger partial charge in [-0.3, -0.25) is 14.4 Å². The van der Waals surface area contributed by atoms with Crippen LogP contribution in [0.1, 0.15) is 114 Å². The molecule has 2 aromatic rings. The molecule has 0 unspecified atom stereocenters. The summed E-state index contributed by atoms with van der Waals surface area (Å²) < 4.78 is 12.1. The molecule has 11 nitrogen and oxygen atoms in total. The predicted molar refractivity (Wildman–Crippen MR) is 200 cm³/mol. The first-order valence-corrected chi connectivity index (χ1v) is 18.9. The summed E-state index contributed by atoms with van der Waals surface area (Å²) in [5, 5.41) is 12.6. The molecule has 51 heavy (non-hydrogen) atoms. The monoisotopic (exact) mass is 708 g/mol. The Balaban J connectivity index is 1.94. The quantitative estimate of drug-likeness (QED) is 0.121. The zero-order valence-electron chi connectivity index (χ0n) is 30.9. The number of nitrogens with two attached hydrogens (primary N) is 2. The van der Waals surface area contributed by atoms with Crippen LogP contribution in [0.25, 0.3) is 11.1 Å². The van der Waals surface area contributed by atoms with Crippen LogP contribution in [0.15, 0.2) is 36.4 Å². The summed E-state index contributed by atoms with van der Waals surface area (Å²) in [4.78, 5) is 54.8. The van der Waals surface area contributed by atoms with Gasteiger partial charge in [-0.05, 0) is 41.8 Å². The number of carbonyl (C=O) groups excluding carboxylic acids is 3. The average Bonchev–Trinajstić information content (AvgIpc) is 3.11. The Hall–Kier alpha value is -3.96. The number of fused-ring (bicyclic) bond motifs is 5. The molecule has 282 valence electrons. The van der Waals surface area contributed by atoms with Crippen molar-refractivity contribution in [1.82, 2.24) is 10.2 Å². The standard InChI is InChI=1S/C40H60N4O7/c1-4-5-6-7-8-9-10-11-12-13-14-15-37(46)44(3)38-30-17-19-36(51-23-21-42)32(27-30)31-25-29(16-18-35(31)50-22-20-41)26-33(40(48)49)43-39(47)28(2)24-34(38)45/h16-19,25,27-28,33,38H,4-15,20-24,26,41-42H2,1-3H3,(H,43,47)(H,48,49)/t28-,33+,38+/m1/s1. The lowest BCUT2D eigenvalue weighted by Gasteiger charge is -2.30. The summed E-state index contributed by atoms with van der Waals surface area (Å²) in [6.45, 7) is 4.83. The van der Waals surface area contributed by atoms with Crippen molar-refractivity contribution >= 4 is 23.6 Å². The number of unbranched alkanes of at least 4 members (excludes halogenated alkanes) is 10. The average molecular weight is 709 g/mol. The van der Waals surface area contributed by atoms with Crippen LogP contribution in [0.4, 0.5) is 0 Å². The van der Waals surface area contributed by atoms with E-state index in [-0.39, 0.29) is 50.8 Å². The number of rotatable bonds is 20. The summed E-state index contributed by atoms with van der Waals surface area (Å²) in [5.41, 5.74) is 13.9. The molecule has 2 amide bonds. The SMILES string of the molecule is CCCCCCCCCCCCCC(=O)N(C)[C@@H]1C(=O)C[C@@H](C)C(=O)N[C@H](C(=O)O)Cc2ccc(OCCN)c(c2)-c2cc1ccc2OCCN. The van der Waals surface area contributed by atoms with Gasteiger partial charge in [-0.25, -0.2) is 4.79 Å². The number of Topliss-reactive ketones (excluding diaryl/α,β-unsaturated/α-hetero) is 1. The van der Waals surface area contributed by atoms with Gasteiger partial charge in [-0.15, -0.1) is 0 Å². The van der Waals surface area contributed by atoms with Gasteiger partial charge in [0, 0.05) is 56.4 Å². The molecule has 0 spiro atoms. The van der Waals surface area contributed by atoms with E-state index < -0.39 is 29.9 Å². The minimum atomic E-state index is -1.23. The van der Waals surface area contributed by atoms with Crippen molar-refractivity contribution in [3.63, 3.8) is 0 Å². The van der Waals surface area contributed by atoms with Crippen LogP contribution in [0.3, 0.4) is 0 Å². The number of carboxylic acids is 1. The molecule has 6 N–H and O–H groups in total. The van der Waals surface area contributed by atoms with Crippen LogP contribution < -0.4 is 26.3 Å². The molecule has 0 aliphatic carbocycles. The Morgan fingerprint density at radius 2 is 1.37 bits per heavy atom. The summed E-state index contributed by atoms with van der Waals surface area (Å²) in [6, 6.07) is 8.42. The van der Waals surface area contributed by atoms with Crippen LogP contribution in [-0.4, -0.2) is 73.0 Å². The number of ketones is 1. The Morgan fingerprint density at radius 3 is 1.94 bits per heavy atom. The number of benzene rings is 2. The van der Waals surface area contributed by atoms with Gasteiger partial charge < -0.3 is 36.3 Å². The van der Waals surface area contributed by atoms with Crippen molar-refractivity contribution < 1.29 is 33.8 Å². The number of hydrogen-bond donors (Lipinski definition) is 4. The summed E-state index contributed by atoms with van der Waals surface area (Å²) in [6.07, 6.45) is 13.0. The Bertz CT molecular complexity index is 1430. The molecule has 1 aliphatic rings. The van der Waals surface area contributed by atoms with Gasteiger partial charge in [-0.1, -0.05) is 90.2 Å². The van der Waals surface area contributed by atoms with E-state index in [1.165, 1.54) is 49.8 Å². The minimum absolute atomic E-state index is 0.00347. The molecule has 0 radical (unpaired) electrons. The predicted octanol–water partition coefficient (Wildman–Crippen LogP) is 5.95. The van der Waals surface area contributed by atoms with E-state index >= 15 is 0 Å². The molecule has 2 aromatic carbocycles. The van der Waals surface area contributed by atoms with Crippen molar-refractivity contribution in [3.05, 3.63) is 47.5 Å². The van der Waals surface area contributed by atoms with Crippen LogP contribution >= 0.6 is 0 Å². The van der Waals surface area contributed by atoms with Crippen molar-refractivity contribution in [2.45, 2.75) is 116 Å². The highest BCUT2D eigenvalue weighted by Gasteiger charge is 2.33. The third-order valence-electron chi connectivity index (χ3n) is 9.49. The van der Waals surface area contributed by atoms with Crippen molar-refractivity contribution in [2.24, 2.45) is 17.4 Å². The second-order valence-corrected chi connectivity index (χ2v) is 13.7. The van der Waals surface area contributed by atoms with Gasteiger partial charge >= 0.3 is 5.97 Å². The number of likely N-dealkylation sites (N-methyl/N-ethyl adjacent to an activating group) is 1. The van der Waals surface area contributed by atoms with E-state index in [1.807, 2.05) is 6.07 Å². The maximum atomic E-state index is 14.1. The van der Waals surface area contributed by atoms with Crippen LogP contribution in [0.2, 0.25) is 0 Å². The second-order valence-electron chi connectivity index (χ2n) is 13.7. The molecule has 0 saturated heterocycles. The number of nitrogens with zero attached hydrogens (tertiary/aromatic N) is 1. The minimum Gasteiger partial charge on any atom is -0.492 e. The Morgan fingerprint density at radius 1 is 0.824 bits per heavy atom. The highest BCUT2D eigenvalue weighted by molar-refractivity contribution is 5.94. The molecule has 1 heterocycles. The van der Waals surface area contributed by atoms with E-state index in [1.54, 1.807) is 44.3 Å². The number of ether oxygens (including phenoxy) is 2. The largest absolute Gasteiger partial charge is 0.492 e. The van der Waals surface area contributed by atoms with Gasteiger partial charge in [0.2, 0.25) is 11.8 Å². The third kappa shape index (κ3) is 12.9. The van der Waals surface area contributed by atoms with Crippen molar-refractivity contribution in [2.75, 3.05) is 33.4 Å². The number of nitrogens with one attached hydrogen (secondary N) is 1. The first-order chi connectivity index (χ1) is 24.6. The summed E-state index contributed by atoms with van der Waals surface area (Å²) in [7, 11) is 1.63.